The van der Waals surface area contributed by atoms with Crippen molar-refractivity contribution in [2.24, 2.45) is 0 Å². The SMILES string of the molecule is Cc1c(O)cnc2cc(O)ccc12. The Hall–Kier alpha value is -1.77. The van der Waals surface area contributed by atoms with Crippen molar-refractivity contribution < 1.29 is 10.2 Å². The molecule has 3 heteroatoms. The van der Waals surface area contributed by atoms with Crippen LogP contribution >= 0.6 is 0 Å². The molecule has 0 bridgehead atoms. The third-order valence-electron chi connectivity index (χ3n) is 2.10. The predicted octanol–water partition coefficient (Wildman–Crippen LogP) is 1.95. The van der Waals surface area contributed by atoms with Crippen molar-refractivity contribution in [3.8, 4) is 11.5 Å². The molecule has 1 aromatic carbocycles. The Balaban J connectivity index is 2.87. The maximum Gasteiger partial charge on any atom is 0.137 e. The van der Waals surface area contributed by atoms with Crippen LogP contribution in [0.25, 0.3) is 10.9 Å². The Morgan fingerprint density at radius 3 is 2.77 bits per heavy atom. The van der Waals surface area contributed by atoms with Gasteiger partial charge in [0.1, 0.15) is 11.5 Å². The average Bonchev–Trinajstić information content (AvgIpc) is 2.12. The summed E-state index contributed by atoms with van der Waals surface area (Å²) in [6.07, 6.45) is 1.39. The number of phenolic OH excluding ortho intramolecular Hbond substituents is 1. The molecule has 13 heavy (non-hydrogen) atoms. The standard InChI is InChI=1S/C10H9NO2/c1-6-8-3-2-7(12)4-9(8)11-5-10(6)13/h2-5,12-13H,1H3. The van der Waals surface area contributed by atoms with E-state index in [1.807, 2.05) is 6.92 Å². The van der Waals surface area contributed by atoms with Gasteiger partial charge >= 0.3 is 0 Å². The number of hydrogen-bond donors (Lipinski definition) is 2. The number of hydrogen-bond acceptors (Lipinski definition) is 3. The summed E-state index contributed by atoms with van der Waals surface area (Å²) in [7, 11) is 0. The fourth-order valence-electron chi connectivity index (χ4n) is 1.31. The van der Waals surface area contributed by atoms with Gasteiger partial charge in [0.2, 0.25) is 0 Å². The first kappa shape index (κ1) is 7.86. The van der Waals surface area contributed by atoms with E-state index in [4.69, 9.17) is 0 Å². The summed E-state index contributed by atoms with van der Waals surface area (Å²) in [5.41, 5.74) is 1.47. The van der Waals surface area contributed by atoms with Crippen LogP contribution in [0.1, 0.15) is 5.56 Å². The van der Waals surface area contributed by atoms with E-state index in [-0.39, 0.29) is 11.5 Å². The molecule has 0 fully saturated rings. The maximum absolute atomic E-state index is 9.36. The van der Waals surface area contributed by atoms with Crippen LogP contribution in [-0.4, -0.2) is 15.2 Å². The minimum atomic E-state index is 0.179. The molecule has 0 saturated carbocycles. The highest BCUT2D eigenvalue weighted by Gasteiger charge is 2.03. The largest absolute Gasteiger partial charge is 0.508 e. The van der Waals surface area contributed by atoms with Crippen LogP contribution in [0.2, 0.25) is 0 Å². The summed E-state index contributed by atoms with van der Waals surface area (Å²) in [6.45, 7) is 1.82. The molecule has 66 valence electrons. The second-order valence-electron chi connectivity index (χ2n) is 2.97. The molecule has 2 rings (SSSR count). The second-order valence-corrected chi connectivity index (χ2v) is 2.97. The molecule has 1 aromatic heterocycles. The van der Waals surface area contributed by atoms with Gasteiger partial charge in [0.25, 0.3) is 0 Å². The van der Waals surface area contributed by atoms with E-state index >= 15 is 0 Å². The van der Waals surface area contributed by atoms with E-state index in [9.17, 15) is 10.2 Å². The van der Waals surface area contributed by atoms with E-state index in [1.54, 1.807) is 18.2 Å². The highest BCUT2D eigenvalue weighted by atomic mass is 16.3. The topological polar surface area (TPSA) is 53.4 Å². The van der Waals surface area contributed by atoms with Crippen molar-refractivity contribution in [2.45, 2.75) is 6.92 Å². The first-order chi connectivity index (χ1) is 6.18. The van der Waals surface area contributed by atoms with E-state index in [0.29, 0.717) is 5.52 Å². The van der Waals surface area contributed by atoms with E-state index in [2.05, 4.69) is 4.98 Å². The summed E-state index contributed by atoms with van der Waals surface area (Å²) >= 11 is 0. The molecule has 0 atom stereocenters. The van der Waals surface area contributed by atoms with Crippen molar-refractivity contribution in [3.63, 3.8) is 0 Å². The van der Waals surface area contributed by atoms with Crippen molar-refractivity contribution in [3.05, 3.63) is 30.0 Å². The van der Waals surface area contributed by atoms with Crippen LogP contribution in [-0.2, 0) is 0 Å². The lowest BCUT2D eigenvalue weighted by molar-refractivity contribution is 0.469. The number of aromatic hydroxyl groups is 2. The lowest BCUT2D eigenvalue weighted by atomic mass is 10.1. The first-order valence-electron chi connectivity index (χ1n) is 3.96. The van der Waals surface area contributed by atoms with Crippen LogP contribution in [0.4, 0.5) is 0 Å². The molecule has 0 aliphatic carbocycles. The molecular formula is C10H9NO2. The van der Waals surface area contributed by atoms with Gasteiger partial charge in [-0.25, -0.2) is 0 Å². The third kappa shape index (κ3) is 1.18. The highest BCUT2D eigenvalue weighted by Crippen LogP contribution is 2.26. The predicted molar refractivity (Wildman–Crippen MR) is 49.8 cm³/mol. The minimum Gasteiger partial charge on any atom is -0.508 e. The molecule has 2 aromatic rings. The molecule has 3 nitrogen and oxygen atoms in total. The Bertz CT molecular complexity index is 466. The smallest absolute Gasteiger partial charge is 0.137 e. The molecule has 1 heterocycles. The Labute approximate surface area is 75.3 Å². The van der Waals surface area contributed by atoms with Gasteiger partial charge < -0.3 is 10.2 Å². The van der Waals surface area contributed by atoms with Crippen LogP contribution in [0.3, 0.4) is 0 Å². The minimum absolute atomic E-state index is 0.179. The summed E-state index contributed by atoms with van der Waals surface area (Å²) < 4.78 is 0. The Morgan fingerprint density at radius 2 is 2.00 bits per heavy atom. The molecule has 0 saturated heterocycles. The van der Waals surface area contributed by atoms with Crippen molar-refractivity contribution in [1.82, 2.24) is 4.98 Å². The van der Waals surface area contributed by atoms with Gasteiger partial charge in [-0.2, -0.15) is 0 Å². The summed E-state index contributed by atoms with van der Waals surface area (Å²) in [5.74, 6) is 0.364. The Kier molecular flexibility index (Phi) is 1.59. The lowest BCUT2D eigenvalue weighted by Gasteiger charge is -2.03. The summed E-state index contributed by atoms with van der Waals surface area (Å²) in [4.78, 5) is 3.99. The van der Waals surface area contributed by atoms with Crippen LogP contribution < -0.4 is 0 Å². The quantitative estimate of drug-likeness (QED) is 0.643. The van der Waals surface area contributed by atoms with E-state index in [1.165, 1.54) is 6.20 Å². The second kappa shape index (κ2) is 2.62. The number of nitrogens with zero attached hydrogens (tertiary/aromatic N) is 1. The fourth-order valence-corrected chi connectivity index (χ4v) is 1.31. The molecule has 0 aliphatic heterocycles. The van der Waals surface area contributed by atoms with Crippen LogP contribution in [0, 0.1) is 6.92 Å². The van der Waals surface area contributed by atoms with E-state index < -0.39 is 0 Å². The zero-order valence-corrected chi connectivity index (χ0v) is 7.15. The lowest BCUT2D eigenvalue weighted by Crippen LogP contribution is -1.83. The molecular weight excluding hydrogens is 166 g/mol. The fraction of sp³-hybridized carbons (Fsp3) is 0.100. The number of fused-ring (bicyclic) bond motifs is 1. The number of benzene rings is 1. The number of pyridine rings is 1. The maximum atomic E-state index is 9.36. The van der Waals surface area contributed by atoms with Crippen molar-refractivity contribution in [1.29, 1.82) is 0 Å². The summed E-state index contributed by atoms with van der Waals surface area (Å²) in [5, 5.41) is 19.4. The van der Waals surface area contributed by atoms with Crippen LogP contribution in [0.15, 0.2) is 24.4 Å². The van der Waals surface area contributed by atoms with Gasteiger partial charge in [0.15, 0.2) is 0 Å². The molecule has 0 radical (unpaired) electrons. The van der Waals surface area contributed by atoms with Gasteiger partial charge in [-0.15, -0.1) is 0 Å². The molecule has 0 spiro atoms. The van der Waals surface area contributed by atoms with Gasteiger partial charge in [-0.05, 0) is 19.1 Å². The van der Waals surface area contributed by atoms with Gasteiger partial charge in [-0.3, -0.25) is 4.98 Å². The normalized spacial score (nSPS) is 10.5. The van der Waals surface area contributed by atoms with Crippen molar-refractivity contribution in [2.75, 3.05) is 0 Å². The van der Waals surface area contributed by atoms with Crippen LogP contribution in [0.5, 0.6) is 11.5 Å². The molecule has 0 unspecified atom stereocenters. The van der Waals surface area contributed by atoms with Crippen molar-refractivity contribution >= 4 is 10.9 Å². The van der Waals surface area contributed by atoms with Gasteiger partial charge in [0, 0.05) is 17.0 Å². The number of aromatic nitrogens is 1. The molecule has 0 amide bonds. The highest BCUT2D eigenvalue weighted by molar-refractivity contribution is 5.84. The summed E-state index contributed by atoms with van der Waals surface area (Å²) in [6, 6.07) is 4.89. The third-order valence-corrected chi connectivity index (χ3v) is 2.10. The van der Waals surface area contributed by atoms with E-state index in [0.717, 1.165) is 10.9 Å². The zero-order chi connectivity index (χ0) is 9.42. The number of aryl methyl sites for hydroxylation is 1. The first-order valence-corrected chi connectivity index (χ1v) is 3.96. The monoisotopic (exact) mass is 175 g/mol. The Morgan fingerprint density at radius 1 is 1.23 bits per heavy atom. The number of phenols is 1. The molecule has 0 aliphatic rings. The number of rotatable bonds is 0. The average molecular weight is 175 g/mol. The van der Waals surface area contributed by atoms with Gasteiger partial charge in [0.05, 0.1) is 11.7 Å². The molecule has 2 N–H and O–H groups in total. The zero-order valence-electron chi connectivity index (χ0n) is 7.15. The van der Waals surface area contributed by atoms with Gasteiger partial charge in [-0.1, -0.05) is 0 Å².